The van der Waals surface area contributed by atoms with Crippen molar-refractivity contribution >= 4 is 44.0 Å². The molecule has 7 nitrogen and oxygen atoms in total. The standard InChI is InChI=1S/C18H16ClF3N4O3S/c19-12-2-1-11-16(17(12)30(28,29)26-5-3-10(27)4-6-26)24-25-18(11)23-9-7-13(20)15(22)14(21)8-9/h1-2,7-8,10,27H,3-6H2,(H2,23,24,25). The zero-order chi connectivity index (χ0) is 21.6. The minimum absolute atomic E-state index is 0.0253. The number of hydrogen-bond donors (Lipinski definition) is 3. The van der Waals surface area contributed by atoms with Crippen LogP contribution in [-0.2, 0) is 10.0 Å². The summed E-state index contributed by atoms with van der Waals surface area (Å²) in [6.07, 6.45) is 0.0661. The number of nitrogens with zero attached hydrogens (tertiary/aromatic N) is 2. The first-order chi connectivity index (χ1) is 14.2. The van der Waals surface area contributed by atoms with Gasteiger partial charge in [0.05, 0.1) is 16.6 Å². The van der Waals surface area contributed by atoms with Crippen LogP contribution in [0.4, 0.5) is 24.7 Å². The van der Waals surface area contributed by atoms with Crippen molar-refractivity contribution in [3.63, 3.8) is 0 Å². The number of anilines is 2. The number of nitrogens with one attached hydrogen (secondary N) is 2. The third-order valence-electron chi connectivity index (χ3n) is 4.91. The number of halogens is 4. The number of aromatic amines is 1. The molecule has 0 aliphatic carbocycles. The van der Waals surface area contributed by atoms with E-state index >= 15 is 0 Å². The van der Waals surface area contributed by atoms with Gasteiger partial charge in [-0.3, -0.25) is 5.10 Å². The molecule has 12 heteroatoms. The number of hydrogen-bond acceptors (Lipinski definition) is 5. The maximum atomic E-state index is 13.5. The smallest absolute Gasteiger partial charge is 0.246 e. The predicted molar refractivity (Wildman–Crippen MR) is 105 cm³/mol. The lowest BCUT2D eigenvalue weighted by atomic mass is 10.1. The van der Waals surface area contributed by atoms with E-state index in [9.17, 15) is 26.7 Å². The van der Waals surface area contributed by atoms with Gasteiger partial charge in [-0.2, -0.15) is 9.40 Å². The van der Waals surface area contributed by atoms with E-state index in [-0.39, 0.29) is 40.0 Å². The zero-order valence-electron chi connectivity index (χ0n) is 15.3. The average molecular weight is 461 g/mol. The Balaban J connectivity index is 1.75. The van der Waals surface area contributed by atoms with E-state index in [1.807, 2.05) is 0 Å². The van der Waals surface area contributed by atoms with Gasteiger partial charge in [0, 0.05) is 36.3 Å². The number of fused-ring (bicyclic) bond motifs is 1. The van der Waals surface area contributed by atoms with E-state index < -0.39 is 33.6 Å². The fourth-order valence-corrected chi connectivity index (χ4v) is 5.49. The molecule has 0 amide bonds. The Labute approximate surface area is 174 Å². The molecule has 0 saturated carbocycles. The van der Waals surface area contributed by atoms with Crippen LogP contribution in [0.5, 0.6) is 0 Å². The van der Waals surface area contributed by atoms with E-state index in [1.165, 1.54) is 16.4 Å². The zero-order valence-corrected chi connectivity index (χ0v) is 16.9. The molecule has 0 unspecified atom stereocenters. The maximum absolute atomic E-state index is 13.5. The SMILES string of the molecule is O=S(=O)(c1c(Cl)ccc2c(Nc3cc(F)c(F)c(F)c3)n[nH]c12)N1CCC(O)CC1. The number of benzene rings is 2. The van der Waals surface area contributed by atoms with Crippen molar-refractivity contribution in [2.45, 2.75) is 23.8 Å². The lowest BCUT2D eigenvalue weighted by molar-refractivity contribution is 0.113. The Morgan fingerprint density at radius 3 is 2.43 bits per heavy atom. The van der Waals surface area contributed by atoms with Gasteiger partial charge < -0.3 is 10.4 Å². The Hall–Kier alpha value is -2.34. The molecule has 30 heavy (non-hydrogen) atoms. The summed E-state index contributed by atoms with van der Waals surface area (Å²) in [5.74, 6) is -4.27. The molecule has 1 aliphatic rings. The van der Waals surface area contributed by atoms with E-state index in [0.29, 0.717) is 18.2 Å². The van der Waals surface area contributed by atoms with Crippen LogP contribution in [0.2, 0.25) is 5.02 Å². The van der Waals surface area contributed by atoms with Gasteiger partial charge in [0.25, 0.3) is 0 Å². The number of aliphatic hydroxyl groups is 1. The van der Waals surface area contributed by atoms with Gasteiger partial charge in [-0.05, 0) is 25.0 Å². The van der Waals surface area contributed by atoms with Gasteiger partial charge >= 0.3 is 0 Å². The van der Waals surface area contributed by atoms with E-state index in [4.69, 9.17) is 11.6 Å². The van der Waals surface area contributed by atoms with Crippen molar-refractivity contribution in [3.05, 3.63) is 46.7 Å². The van der Waals surface area contributed by atoms with E-state index in [0.717, 1.165) is 12.1 Å². The molecule has 3 aromatic rings. The van der Waals surface area contributed by atoms with Crippen LogP contribution >= 0.6 is 11.6 Å². The summed E-state index contributed by atoms with van der Waals surface area (Å²) in [6, 6.07) is 4.39. The van der Waals surface area contributed by atoms with Crippen molar-refractivity contribution in [2.24, 2.45) is 0 Å². The molecule has 2 aromatic carbocycles. The number of H-pyrrole nitrogens is 1. The normalized spacial score (nSPS) is 16.3. The molecule has 1 aromatic heterocycles. The van der Waals surface area contributed by atoms with Gasteiger partial charge in [-0.25, -0.2) is 21.6 Å². The quantitative estimate of drug-likeness (QED) is 0.517. The Morgan fingerprint density at radius 2 is 1.80 bits per heavy atom. The lowest BCUT2D eigenvalue weighted by Crippen LogP contribution is -2.40. The Kier molecular flexibility index (Phi) is 5.39. The van der Waals surface area contributed by atoms with Crippen LogP contribution in [0.3, 0.4) is 0 Å². The van der Waals surface area contributed by atoms with Crippen LogP contribution in [0, 0.1) is 17.5 Å². The van der Waals surface area contributed by atoms with Crippen molar-refractivity contribution in [1.29, 1.82) is 0 Å². The first-order valence-corrected chi connectivity index (χ1v) is 10.8. The third-order valence-corrected chi connectivity index (χ3v) is 7.32. The summed E-state index contributed by atoms with van der Waals surface area (Å²) in [5.41, 5.74) is 0.00310. The van der Waals surface area contributed by atoms with Crippen LogP contribution in [0.1, 0.15) is 12.8 Å². The van der Waals surface area contributed by atoms with Crippen LogP contribution < -0.4 is 5.32 Å². The first kappa shape index (κ1) is 20.9. The molecule has 0 spiro atoms. The number of sulfonamides is 1. The highest BCUT2D eigenvalue weighted by atomic mass is 35.5. The predicted octanol–water partition coefficient (Wildman–Crippen LogP) is 3.52. The molecule has 1 fully saturated rings. The van der Waals surface area contributed by atoms with Crippen molar-refractivity contribution < 1.29 is 26.7 Å². The monoisotopic (exact) mass is 460 g/mol. The molecular formula is C18H16ClF3N4O3S. The average Bonchev–Trinajstić information content (AvgIpc) is 3.08. The van der Waals surface area contributed by atoms with E-state index in [2.05, 4.69) is 15.5 Å². The first-order valence-electron chi connectivity index (χ1n) is 8.95. The summed E-state index contributed by atoms with van der Waals surface area (Å²) in [5, 5.41) is 19.2. The molecule has 0 atom stereocenters. The molecule has 1 saturated heterocycles. The van der Waals surface area contributed by atoms with Gasteiger partial charge in [0.2, 0.25) is 10.0 Å². The fourth-order valence-electron chi connectivity index (χ4n) is 3.36. The Morgan fingerprint density at radius 1 is 1.17 bits per heavy atom. The fraction of sp³-hybridized carbons (Fsp3) is 0.278. The molecule has 1 aliphatic heterocycles. The summed E-state index contributed by atoms with van der Waals surface area (Å²) < 4.78 is 67.7. The molecule has 2 heterocycles. The van der Waals surface area contributed by atoms with Crippen molar-refractivity contribution in [1.82, 2.24) is 14.5 Å². The molecule has 3 N–H and O–H groups in total. The van der Waals surface area contributed by atoms with Gasteiger partial charge in [-0.15, -0.1) is 0 Å². The van der Waals surface area contributed by atoms with Gasteiger partial charge in [-0.1, -0.05) is 11.6 Å². The number of aromatic nitrogens is 2. The third kappa shape index (κ3) is 3.62. The molecule has 160 valence electrons. The van der Waals surface area contributed by atoms with Crippen molar-refractivity contribution in [3.8, 4) is 0 Å². The van der Waals surface area contributed by atoms with Crippen LogP contribution in [0.25, 0.3) is 10.9 Å². The molecular weight excluding hydrogens is 445 g/mol. The topological polar surface area (TPSA) is 98.3 Å². The highest BCUT2D eigenvalue weighted by Gasteiger charge is 2.33. The molecule has 0 radical (unpaired) electrons. The highest BCUT2D eigenvalue weighted by molar-refractivity contribution is 7.89. The van der Waals surface area contributed by atoms with Crippen molar-refractivity contribution in [2.75, 3.05) is 18.4 Å². The number of aliphatic hydroxyl groups excluding tert-OH is 1. The van der Waals surface area contributed by atoms with Crippen LogP contribution in [-0.4, -0.2) is 47.2 Å². The second-order valence-electron chi connectivity index (χ2n) is 6.89. The lowest BCUT2D eigenvalue weighted by Gasteiger charge is -2.29. The van der Waals surface area contributed by atoms with Gasteiger partial charge in [0.1, 0.15) is 4.90 Å². The number of rotatable bonds is 4. The van der Waals surface area contributed by atoms with Gasteiger partial charge in [0.15, 0.2) is 23.3 Å². The maximum Gasteiger partial charge on any atom is 0.246 e. The van der Waals surface area contributed by atoms with Crippen LogP contribution in [0.15, 0.2) is 29.2 Å². The Bertz CT molecular complexity index is 1200. The second kappa shape index (κ2) is 7.73. The summed E-state index contributed by atoms with van der Waals surface area (Å²) in [7, 11) is -4.00. The summed E-state index contributed by atoms with van der Waals surface area (Å²) in [6.45, 7) is 0.285. The molecule has 0 bridgehead atoms. The summed E-state index contributed by atoms with van der Waals surface area (Å²) in [4.78, 5) is -0.185. The second-order valence-corrected chi connectivity index (χ2v) is 9.17. The largest absolute Gasteiger partial charge is 0.393 e. The van der Waals surface area contributed by atoms with E-state index in [1.54, 1.807) is 0 Å². The minimum Gasteiger partial charge on any atom is -0.393 e. The highest BCUT2D eigenvalue weighted by Crippen LogP contribution is 2.36. The number of piperidine rings is 1. The summed E-state index contributed by atoms with van der Waals surface area (Å²) >= 11 is 6.20. The minimum atomic E-state index is -4.00. The molecule has 4 rings (SSSR count).